The molecule has 100 valence electrons. The minimum absolute atomic E-state index is 0.108. The van der Waals surface area contributed by atoms with Crippen molar-refractivity contribution in [2.24, 2.45) is 0 Å². The Labute approximate surface area is 115 Å². The van der Waals surface area contributed by atoms with Crippen LogP contribution in [0.15, 0.2) is 30.3 Å². The van der Waals surface area contributed by atoms with Gasteiger partial charge in [0, 0.05) is 6.54 Å². The zero-order valence-electron chi connectivity index (χ0n) is 11.2. The van der Waals surface area contributed by atoms with Gasteiger partial charge in [0.1, 0.15) is 0 Å². The van der Waals surface area contributed by atoms with Gasteiger partial charge in [0.25, 0.3) is 0 Å². The molecule has 1 rings (SSSR count). The summed E-state index contributed by atoms with van der Waals surface area (Å²) >= 11 is 4.33. The molecule has 1 unspecified atom stereocenters. The first-order valence-corrected chi connectivity index (χ1v) is 6.71. The summed E-state index contributed by atoms with van der Waals surface area (Å²) in [4.78, 5) is 13.5. The van der Waals surface area contributed by atoms with Gasteiger partial charge in [-0.25, -0.2) is 4.79 Å². The zero-order chi connectivity index (χ0) is 13.5. The standard InChI is InChI=1S/C14H21NO2S/c1-11(2)17-14(16)15(12(3)18)10-9-13-7-5-4-6-8-13/h4-8,11-12,18H,9-10H2,1-3H3. The number of hydrogen-bond donors (Lipinski definition) is 1. The van der Waals surface area contributed by atoms with E-state index in [0.717, 1.165) is 6.42 Å². The number of thiol groups is 1. The molecule has 3 nitrogen and oxygen atoms in total. The Morgan fingerprint density at radius 1 is 1.28 bits per heavy atom. The van der Waals surface area contributed by atoms with Gasteiger partial charge < -0.3 is 4.74 Å². The van der Waals surface area contributed by atoms with E-state index in [9.17, 15) is 4.79 Å². The van der Waals surface area contributed by atoms with Crippen molar-refractivity contribution in [3.8, 4) is 0 Å². The van der Waals surface area contributed by atoms with Crippen molar-refractivity contribution in [1.29, 1.82) is 0 Å². The Morgan fingerprint density at radius 2 is 1.89 bits per heavy atom. The largest absolute Gasteiger partial charge is 0.447 e. The van der Waals surface area contributed by atoms with Crippen molar-refractivity contribution >= 4 is 18.7 Å². The van der Waals surface area contributed by atoms with E-state index in [1.54, 1.807) is 4.90 Å². The van der Waals surface area contributed by atoms with Crippen LogP contribution in [0.1, 0.15) is 26.3 Å². The number of ether oxygens (including phenoxy) is 1. The molecular formula is C14H21NO2S. The Balaban J connectivity index is 2.56. The summed E-state index contributed by atoms with van der Waals surface area (Å²) in [5, 5.41) is -0.153. The lowest BCUT2D eigenvalue weighted by Gasteiger charge is -2.26. The number of nitrogens with zero attached hydrogens (tertiary/aromatic N) is 1. The van der Waals surface area contributed by atoms with Crippen molar-refractivity contribution in [3.63, 3.8) is 0 Å². The molecule has 0 aliphatic heterocycles. The fraction of sp³-hybridized carbons (Fsp3) is 0.500. The third kappa shape index (κ3) is 5.00. The summed E-state index contributed by atoms with van der Waals surface area (Å²) in [5.74, 6) is 0. The second-order valence-electron chi connectivity index (χ2n) is 4.49. The van der Waals surface area contributed by atoms with Gasteiger partial charge in [0.05, 0.1) is 11.5 Å². The maximum Gasteiger partial charge on any atom is 0.410 e. The highest BCUT2D eigenvalue weighted by atomic mass is 32.1. The van der Waals surface area contributed by atoms with E-state index in [1.165, 1.54) is 5.56 Å². The summed E-state index contributed by atoms with van der Waals surface area (Å²) < 4.78 is 5.20. The van der Waals surface area contributed by atoms with Gasteiger partial charge in [-0.15, -0.1) is 0 Å². The lowest BCUT2D eigenvalue weighted by Crippen LogP contribution is -2.38. The Hall–Kier alpha value is -1.16. The minimum atomic E-state index is -0.302. The van der Waals surface area contributed by atoms with Gasteiger partial charge in [-0.3, -0.25) is 4.90 Å². The molecule has 0 aliphatic carbocycles. The maximum atomic E-state index is 11.9. The molecule has 0 N–H and O–H groups in total. The monoisotopic (exact) mass is 267 g/mol. The van der Waals surface area contributed by atoms with Crippen molar-refractivity contribution in [2.45, 2.75) is 38.7 Å². The van der Waals surface area contributed by atoms with Crippen LogP contribution in [0.4, 0.5) is 4.79 Å². The van der Waals surface area contributed by atoms with Crippen molar-refractivity contribution in [1.82, 2.24) is 4.90 Å². The molecule has 0 saturated heterocycles. The van der Waals surface area contributed by atoms with Gasteiger partial charge in [0.2, 0.25) is 0 Å². The molecule has 1 atom stereocenters. The van der Waals surface area contributed by atoms with E-state index < -0.39 is 0 Å². The summed E-state index contributed by atoms with van der Waals surface area (Å²) in [7, 11) is 0. The molecule has 4 heteroatoms. The second kappa shape index (κ2) is 7.31. The molecule has 1 amide bonds. The lowest BCUT2D eigenvalue weighted by molar-refractivity contribution is 0.0757. The average Bonchev–Trinajstić information content (AvgIpc) is 2.29. The van der Waals surface area contributed by atoms with Crippen LogP contribution in [0.25, 0.3) is 0 Å². The number of carbonyl (C=O) groups is 1. The van der Waals surface area contributed by atoms with Crippen molar-refractivity contribution in [3.05, 3.63) is 35.9 Å². The predicted octanol–water partition coefficient (Wildman–Crippen LogP) is 3.35. The van der Waals surface area contributed by atoms with Crippen LogP contribution in [0.2, 0.25) is 0 Å². The van der Waals surface area contributed by atoms with Gasteiger partial charge in [-0.2, -0.15) is 12.6 Å². The molecule has 0 spiro atoms. The minimum Gasteiger partial charge on any atom is -0.447 e. The first-order valence-electron chi connectivity index (χ1n) is 6.20. The van der Waals surface area contributed by atoms with Crippen molar-refractivity contribution in [2.75, 3.05) is 6.54 Å². The third-order valence-electron chi connectivity index (χ3n) is 2.51. The fourth-order valence-corrected chi connectivity index (χ4v) is 1.80. The van der Waals surface area contributed by atoms with Crippen LogP contribution in [-0.4, -0.2) is 29.0 Å². The van der Waals surface area contributed by atoms with Crippen LogP contribution in [0.3, 0.4) is 0 Å². The highest BCUT2D eigenvalue weighted by Crippen LogP contribution is 2.10. The van der Waals surface area contributed by atoms with Gasteiger partial charge in [0.15, 0.2) is 0 Å². The highest BCUT2D eigenvalue weighted by molar-refractivity contribution is 7.80. The van der Waals surface area contributed by atoms with Crippen LogP contribution < -0.4 is 0 Å². The van der Waals surface area contributed by atoms with E-state index in [0.29, 0.717) is 6.54 Å². The molecule has 0 bridgehead atoms. The summed E-state index contributed by atoms with van der Waals surface area (Å²) in [6.45, 7) is 6.17. The predicted molar refractivity (Wildman–Crippen MR) is 76.9 cm³/mol. The molecule has 0 radical (unpaired) electrons. The van der Waals surface area contributed by atoms with Crippen molar-refractivity contribution < 1.29 is 9.53 Å². The number of benzene rings is 1. The third-order valence-corrected chi connectivity index (χ3v) is 2.79. The zero-order valence-corrected chi connectivity index (χ0v) is 12.1. The van der Waals surface area contributed by atoms with E-state index in [2.05, 4.69) is 24.8 Å². The van der Waals surface area contributed by atoms with Gasteiger partial charge >= 0.3 is 6.09 Å². The van der Waals surface area contributed by atoms with E-state index in [4.69, 9.17) is 4.74 Å². The van der Waals surface area contributed by atoms with Crippen LogP contribution >= 0.6 is 12.6 Å². The molecule has 0 fully saturated rings. The summed E-state index contributed by atoms with van der Waals surface area (Å²) in [5.41, 5.74) is 1.20. The number of hydrogen-bond acceptors (Lipinski definition) is 3. The summed E-state index contributed by atoms with van der Waals surface area (Å²) in [6, 6.07) is 10.1. The average molecular weight is 267 g/mol. The normalized spacial score (nSPS) is 12.3. The van der Waals surface area contributed by atoms with Gasteiger partial charge in [-0.1, -0.05) is 30.3 Å². The first-order chi connectivity index (χ1) is 8.50. The highest BCUT2D eigenvalue weighted by Gasteiger charge is 2.19. The molecular weight excluding hydrogens is 246 g/mol. The Kier molecular flexibility index (Phi) is 6.05. The maximum absolute atomic E-state index is 11.9. The molecule has 1 aromatic carbocycles. The molecule has 18 heavy (non-hydrogen) atoms. The molecule has 0 aromatic heterocycles. The number of rotatable bonds is 5. The molecule has 1 aromatic rings. The summed E-state index contributed by atoms with van der Waals surface area (Å²) in [6.07, 6.45) is 0.395. The molecule has 0 aliphatic rings. The molecule has 0 saturated carbocycles. The Morgan fingerprint density at radius 3 is 2.39 bits per heavy atom. The van der Waals surface area contributed by atoms with E-state index >= 15 is 0 Å². The topological polar surface area (TPSA) is 29.5 Å². The van der Waals surface area contributed by atoms with Crippen LogP contribution in [-0.2, 0) is 11.2 Å². The smallest absolute Gasteiger partial charge is 0.410 e. The number of carbonyl (C=O) groups excluding carboxylic acids is 1. The van der Waals surface area contributed by atoms with Crippen LogP contribution in [0, 0.1) is 0 Å². The molecule has 0 heterocycles. The van der Waals surface area contributed by atoms with Crippen LogP contribution in [0.5, 0.6) is 0 Å². The SMILES string of the molecule is CC(C)OC(=O)N(CCc1ccccc1)C(C)S. The Bertz CT molecular complexity index is 365. The van der Waals surface area contributed by atoms with E-state index in [-0.39, 0.29) is 17.6 Å². The van der Waals surface area contributed by atoms with Gasteiger partial charge in [-0.05, 0) is 32.8 Å². The number of amides is 1. The lowest BCUT2D eigenvalue weighted by atomic mass is 10.1. The fourth-order valence-electron chi connectivity index (χ4n) is 1.59. The second-order valence-corrected chi connectivity index (χ2v) is 5.24. The first kappa shape index (κ1) is 14.9. The quantitative estimate of drug-likeness (QED) is 0.655. The van der Waals surface area contributed by atoms with E-state index in [1.807, 2.05) is 39.0 Å².